The number of rotatable bonds is 15. The lowest BCUT2D eigenvalue weighted by molar-refractivity contribution is -0.162. The minimum absolute atomic E-state index is 0.00527. The first-order valence-corrected chi connectivity index (χ1v) is 26.1. The number of ketones is 2. The zero-order chi connectivity index (χ0) is 52.1. The van der Waals surface area contributed by atoms with Gasteiger partial charge in [-0.05, 0) is 143 Å². The molecule has 11 N–H and O–H groups in total. The molecule has 7 atom stereocenters. The second kappa shape index (κ2) is 21.5. The first-order chi connectivity index (χ1) is 32.6. The molecule has 1 spiro atoms. The van der Waals surface area contributed by atoms with Gasteiger partial charge in [0.2, 0.25) is 5.78 Å². The summed E-state index contributed by atoms with van der Waals surface area (Å²) in [7, 11) is -7.85. The van der Waals surface area contributed by atoms with Crippen LogP contribution in [0.4, 0.5) is 0 Å². The number of epoxide rings is 1. The van der Waals surface area contributed by atoms with Crippen molar-refractivity contribution in [3.63, 3.8) is 0 Å². The molecule has 0 amide bonds. The number of aliphatic hydroxyl groups is 3. The Morgan fingerprint density at radius 3 is 1.70 bits per heavy atom. The van der Waals surface area contributed by atoms with Gasteiger partial charge in [-0.15, -0.1) is 0 Å². The molecule has 21 heteroatoms. The lowest BCUT2D eigenvalue weighted by Gasteiger charge is -2.62. The number of unbranched alkanes of at least 4 members (excludes halogenated alkanes) is 2. The molecule has 2 heterocycles. The Kier molecular flexibility index (Phi) is 17.1. The first-order valence-electron chi connectivity index (χ1n) is 22.8. The normalized spacial score (nSPS) is 27.9. The van der Waals surface area contributed by atoms with E-state index in [1.54, 1.807) is 36.6 Å². The number of allylic oxidation sites excluding steroid dienone is 4. The molecule has 8 rings (SSSR count). The summed E-state index contributed by atoms with van der Waals surface area (Å²) in [6, 6.07) is 16.4. The lowest BCUT2D eigenvalue weighted by atomic mass is 9.39. The Hall–Kier alpha value is -5.42. The molecular weight excluding hydrogens is 949 g/mol. The van der Waals surface area contributed by atoms with Gasteiger partial charge in [0, 0.05) is 22.0 Å². The number of hydrogen-bond donors (Lipinski definition) is 9. The molecule has 2 aromatic carbocycles. The highest BCUT2D eigenvalue weighted by Gasteiger charge is 2.87. The monoisotopic (exact) mass is 1010 g/mol. The van der Waals surface area contributed by atoms with Gasteiger partial charge in [0.05, 0.1) is 67.4 Å². The predicted octanol–water partition coefficient (Wildman–Crippen LogP) is 5.51. The zero-order valence-corrected chi connectivity index (χ0v) is 41.6. The Morgan fingerprint density at radius 2 is 1.29 bits per heavy atom. The summed E-state index contributed by atoms with van der Waals surface area (Å²) < 4.78 is 77.4. The number of ether oxygens (including phenoxy) is 3. The third-order valence-electron chi connectivity index (χ3n) is 14.5. The highest BCUT2D eigenvalue weighted by Crippen LogP contribution is 2.81. The molecule has 3 fully saturated rings. The molecule has 70 heavy (non-hydrogen) atoms. The molecule has 5 aliphatic rings. The van der Waals surface area contributed by atoms with Crippen LogP contribution < -0.4 is 20.9 Å². The minimum atomic E-state index is -3.92. The zero-order valence-electron chi connectivity index (χ0n) is 40.0. The highest BCUT2D eigenvalue weighted by atomic mass is 32.2. The molecule has 1 aliphatic heterocycles. The van der Waals surface area contributed by atoms with E-state index in [1.807, 2.05) is 63.4 Å². The fourth-order valence-electron chi connectivity index (χ4n) is 11.2. The number of furan rings is 1. The first kappa shape index (κ1) is 55.5. The van der Waals surface area contributed by atoms with Crippen LogP contribution >= 0.6 is 0 Å². The predicted molar refractivity (Wildman–Crippen MR) is 260 cm³/mol. The fraction of sp³-hybridized carbons (Fsp3) is 0.510. The van der Waals surface area contributed by atoms with E-state index < -0.39 is 66.8 Å². The van der Waals surface area contributed by atoms with Crippen molar-refractivity contribution >= 4 is 43.5 Å². The molecule has 7 unspecified atom stereocenters. The Morgan fingerprint density at radius 1 is 0.786 bits per heavy atom. The quantitative estimate of drug-likeness (QED) is 0.0298. The van der Waals surface area contributed by atoms with Crippen LogP contribution in [0.1, 0.15) is 95.8 Å². The van der Waals surface area contributed by atoms with E-state index >= 15 is 0 Å². The van der Waals surface area contributed by atoms with Crippen LogP contribution in [0.25, 0.3) is 0 Å². The Balaban J connectivity index is 0.000000209. The summed E-state index contributed by atoms with van der Waals surface area (Å²) in [4.78, 5) is 26.7. The van der Waals surface area contributed by atoms with Gasteiger partial charge in [-0.2, -0.15) is 16.8 Å². The van der Waals surface area contributed by atoms with Crippen LogP contribution in [0.3, 0.4) is 0 Å². The van der Waals surface area contributed by atoms with Gasteiger partial charge in [-0.25, -0.2) is 0 Å². The highest BCUT2D eigenvalue weighted by molar-refractivity contribution is 7.86. The van der Waals surface area contributed by atoms with E-state index in [-0.39, 0.29) is 52.4 Å². The summed E-state index contributed by atoms with van der Waals surface area (Å²) in [5.41, 5.74) is 10.8. The lowest BCUT2D eigenvalue weighted by Crippen LogP contribution is -2.66. The number of hydrogen-bond acceptors (Lipinski definition) is 15. The van der Waals surface area contributed by atoms with E-state index in [0.717, 1.165) is 50.0 Å². The van der Waals surface area contributed by atoms with Crippen molar-refractivity contribution in [3.05, 3.63) is 107 Å². The smallest absolute Gasteiger partial charge is 0.267 e. The van der Waals surface area contributed by atoms with Crippen LogP contribution in [-0.4, -0.2) is 114 Å². The van der Waals surface area contributed by atoms with Gasteiger partial charge in [-0.3, -0.25) is 29.5 Å². The van der Waals surface area contributed by atoms with E-state index in [4.69, 9.17) is 60.2 Å². The minimum Gasteiger partial charge on any atom is -0.504 e. The number of aliphatic hydroxyl groups excluding tert-OH is 3. The van der Waals surface area contributed by atoms with Gasteiger partial charge in [-0.1, -0.05) is 19.9 Å². The second-order valence-electron chi connectivity index (χ2n) is 19.2. The van der Waals surface area contributed by atoms with Crippen LogP contribution in [-0.2, 0) is 34.6 Å². The molecule has 4 aliphatic carbocycles. The molecule has 1 saturated heterocycles. The van der Waals surface area contributed by atoms with E-state index in [9.17, 15) is 31.5 Å². The van der Waals surface area contributed by atoms with Crippen LogP contribution in [0.15, 0.2) is 95.0 Å². The molecule has 1 aromatic heterocycles. The number of amidine groups is 2. The largest absolute Gasteiger partial charge is 0.504 e. The summed E-state index contributed by atoms with van der Waals surface area (Å²) in [6.45, 7) is 10.3. The standard InChI is InChI=1S/C26H30O5.C19H24N4O2.2C2H6O4S/c1-22(2)17(27)7-9-23(3)16-6-10-24(4)15(14-8-11-30-13-14)12-18-26(24,31-18)25(16,5)21(29)19(28)20(22)23;20-18(21)14-4-8-16(9-5-14)24-12-2-1-3-13-25-17-10-6-15(7-11-17)19(22)23;2*3-1-2-7(4,5)6/h7-9,11,13,15-16,18,28H,6,10,12H2,1-5H3;4-11H,1-3,12-13H2,(H3,20,21)(H3,22,23);2*3H,1-2H2,(H,4,5,6). The van der Waals surface area contributed by atoms with Crippen molar-refractivity contribution in [1.29, 1.82) is 10.8 Å². The topological polar surface area (TPSA) is 347 Å². The molecule has 0 radical (unpaired) electrons. The fourth-order valence-corrected chi connectivity index (χ4v) is 11.7. The number of nitrogens with one attached hydrogen (secondary N) is 2. The second-order valence-corrected chi connectivity index (χ2v) is 22.4. The van der Waals surface area contributed by atoms with Crippen molar-refractivity contribution in [2.75, 3.05) is 37.9 Å². The van der Waals surface area contributed by atoms with Gasteiger partial charge in [0.1, 0.15) is 28.8 Å². The van der Waals surface area contributed by atoms with Crippen molar-refractivity contribution in [3.8, 4) is 11.5 Å². The maximum absolute atomic E-state index is 14.0. The molecule has 19 nitrogen and oxygen atoms in total. The number of nitrogen functional groups attached to an aromatic ring is 2. The number of Topliss-reactive ketones (excluding diaryl/α,β-unsaturated/α-hetero) is 1. The average Bonchev–Trinajstić information content (AvgIpc) is 3.63. The van der Waals surface area contributed by atoms with Crippen LogP contribution in [0, 0.1) is 38.4 Å². The number of carbonyl (C=O) groups is 2. The van der Waals surface area contributed by atoms with Crippen molar-refractivity contribution < 1.29 is 69.5 Å². The van der Waals surface area contributed by atoms with Crippen molar-refractivity contribution in [2.45, 2.75) is 90.8 Å². The molecule has 0 bridgehead atoms. The summed E-state index contributed by atoms with van der Waals surface area (Å²) in [5, 5.41) is 41.8. The summed E-state index contributed by atoms with van der Waals surface area (Å²) in [6.07, 6.45) is 12.7. The van der Waals surface area contributed by atoms with Crippen LogP contribution in [0.2, 0.25) is 0 Å². The van der Waals surface area contributed by atoms with E-state index in [1.165, 1.54) is 5.56 Å². The number of nitrogens with two attached hydrogens (primary N) is 2. The van der Waals surface area contributed by atoms with Gasteiger partial charge < -0.3 is 45.4 Å². The molecule has 2 saturated carbocycles. The SMILES string of the molecule is CC1(C)C(=O)C=CC2(C)C1=C(O)C(=O)C1(C)C2CCC2(C)C(c3ccoc3)CC3OC321.N=C(N)c1ccc(OCCCCCOc2ccc(C(=N)N)cc2)cc1.O=S(=O)(O)CCO.O=S(=O)(O)CCO. The Bertz CT molecular complexity index is 2580. The Labute approximate surface area is 408 Å². The third kappa shape index (κ3) is 11.4. The van der Waals surface area contributed by atoms with Crippen LogP contribution in [0.5, 0.6) is 11.5 Å². The van der Waals surface area contributed by atoms with Crippen molar-refractivity contribution in [2.24, 2.45) is 39.0 Å². The maximum atomic E-state index is 14.0. The molecule has 384 valence electrons. The number of carbonyl (C=O) groups excluding carboxylic acids is 2. The van der Waals surface area contributed by atoms with Gasteiger partial charge in [0.25, 0.3) is 20.2 Å². The van der Waals surface area contributed by atoms with E-state index in [0.29, 0.717) is 29.9 Å². The van der Waals surface area contributed by atoms with Crippen molar-refractivity contribution in [1.82, 2.24) is 0 Å². The summed E-state index contributed by atoms with van der Waals surface area (Å²) >= 11 is 0. The number of fused-ring (bicyclic) bond motifs is 3. The van der Waals surface area contributed by atoms with Gasteiger partial charge >= 0.3 is 0 Å². The number of benzene rings is 2. The average molecular weight is 1020 g/mol. The van der Waals surface area contributed by atoms with Gasteiger partial charge in [0.15, 0.2) is 11.5 Å². The molecular formula is C49H66N4O15S2. The molecule has 3 aromatic rings. The summed E-state index contributed by atoms with van der Waals surface area (Å²) in [5.74, 6) is 0.219. The van der Waals surface area contributed by atoms with E-state index in [2.05, 4.69) is 13.8 Å². The maximum Gasteiger partial charge on any atom is 0.267 e. The third-order valence-corrected chi connectivity index (χ3v) is 15.9.